The molecule has 0 aliphatic carbocycles. The van der Waals surface area contributed by atoms with E-state index in [-0.39, 0.29) is 0 Å². The van der Waals surface area contributed by atoms with Gasteiger partial charge < -0.3 is 5.73 Å². The predicted molar refractivity (Wildman–Crippen MR) is 59.0 cm³/mol. The molecule has 0 radical (unpaired) electrons. The number of thioether (sulfide) groups is 1. The zero-order valence-electron chi connectivity index (χ0n) is 7.86. The van der Waals surface area contributed by atoms with Gasteiger partial charge in [-0.2, -0.15) is 11.8 Å². The molecule has 1 nitrogen and oxygen atoms in total. The molecule has 0 spiro atoms. The maximum atomic E-state index is 5.89. The van der Waals surface area contributed by atoms with Crippen LogP contribution in [0.25, 0.3) is 0 Å². The van der Waals surface area contributed by atoms with Crippen LogP contribution in [-0.2, 0) is 0 Å². The first-order chi connectivity index (χ1) is 6.27. The average molecular weight is 193 g/mol. The minimum Gasteiger partial charge on any atom is -0.327 e. The van der Waals surface area contributed by atoms with E-state index in [2.05, 4.69) is 31.2 Å². The fourth-order valence-corrected chi connectivity index (χ4v) is 3.26. The summed E-state index contributed by atoms with van der Waals surface area (Å²) in [6.07, 6.45) is 1.13. The lowest BCUT2D eigenvalue weighted by Crippen LogP contribution is -2.18. The van der Waals surface area contributed by atoms with Crippen molar-refractivity contribution in [2.45, 2.75) is 24.6 Å². The number of hydrogen-bond acceptors (Lipinski definition) is 2. The first-order valence-electron chi connectivity index (χ1n) is 4.70. The Bertz CT molecular complexity index is 298. The van der Waals surface area contributed by atoms with Crippen LogP contribution in [-0.4, -0.2) is 11.8 Å². The molecule has 2 rings (SSSR count). The number of benzene rings is 1. The maximum Gasteiger partial charge on any atom is 0.0315 e. The molecule has 2 N–H and O–H groups in total. The van der Waals surface area contributed by atoms with Crippen LogP contribution in [0.5, 0.6) is 0 Å². The Balaban J connectivity index is 2.21. The van der Waals surface area contributed by atoms with Crippen molar-refractivity contribution in [3.8, 4) is 0 Å². The second-order valence-corrected chi connectivity index (χ2v) is 4.91. The van der Waals surface area contributed by atoms with Crippen molar-refractivity contribution in [2.24, 2.45) is 5.73 Å². The van der Waals surface area contributed by atoms with E-state index in [4.69, 9.17) is 5.73 Å². The van der Waals surface area contributed by atoms with Crippen molar-refractivity contribution in [1.82, 2.24) is 0 Å². The van der Waals surface area contributed by atoms with E-state index in [1.807, 2.05) is 11.8 Å². The normalized spacial score (nSPS) is 27.8. The van der Waals surface area contributed by atoms with Gasteiger partial charge in [0, 0.05) is 17.0 Å². The van der Waals surface area contributed by atoms with Crippen LogP contribution in [0.2, 0.25) is 0 Å². The quantitative estimate of drug-likeness (QED) is 0.741. The lowest BCUT2D eigenvalue weighted by atomic mass is 10.0. The third-order valence-corrected chi connectivity index (χ3v) is 4.03. The van der Waals surface area contributed by atoms with Gasteiger partial charge in [0.05, 0.1) is 0 Å². The van der Waals surface area contributed by atoms with E-state index in [0.717, 1.165) is 12.2 Å². The Morgan fingerprint density at radius 2 is 2.15 bits per heavy atom. The van der Waals surface area contributed by atoms with Crippen LogP contribution in [0.1, 0.15) is 22.8 Å². The van der Waals surface area contributed by atoms with E-state index < -0.39 is 0 Å². The molecular formula is C11H15NS. The Kier molecular flexibility index (Phi) is 2.61. The molecule has 0 amide bonds. The van der Waals surface area contributed by atoms with Crippen LogP contribution in [0.15, 0.2) is 24.3 Å². The van der Waals surface area contributed by atoms with Crippen molar-refractivity contribution in [3.63, 3.8) is 0 Å². The van der Waals surface area contributed by atoms with E-state index in [1.165, 1.54) is 11.1 Å². The standard InChI is InChI=1S/C11H15NS/c1-8-4-2-3-5-10(8)11-6-9(12)7-13-11/h2-5,9,11H,6-7,12H2,1H3. The largest absolute Gasteiger partial charge is 0.327 e. The molecule has 1 aliphatic heterocycles. The van der Waals surface area contributed by atoms with Crippen molar-refractivity contribution in [3.05, 3.63) is 35.4 Å². The zero-order chi connectivity index (χ0) is 9.26. The molecule has 1 aromatic rings. The van der Waals surface area contributed by atoms with E-state index in [1.54, 1.807) is 0 Å². The van der Waals surface area contributed by atoms with E-state index in [0.29, 0.717) is 11.3 Å². The molecule has 0 bridgehead atoms. The van der Waals surface area contributed by atoms with Gasteiger partial charge in [0.25, 0.3) is 0 Å². The molecule has 1 aliphatic rings. The summed E-state index contributed by atoms with van der Waals surface area (Å²) in [7, 11) is 0. The third-order valence-electron chi connectivity index (χ3n) is 2.56. The first kappa shape index (κ1) is 9.10. The van der Waals surface area contributed by atoms with Gasteiger partial charge in [-0.1, -0.05) is 24.3 Å². The van der Waals surface area contributed by atoms with Gasteiger partial charge in [-0.3, -0.25) is 0 Å². The van der Waals surface area contributed by atoms with E-state index >= 15 is 0 Å². The van der Waals surface area contributed by atoms with Gasteiger partial charge in [-0.05, 0) is 24.5 Å². The van der Waals surface area contributed by atoms with Crippen molar-refractivity contribution in [2.75, 3.05) is 5.75 Å². The Morgan fingerprint density at radius 3 is 2.77 bits per heavy atom. The fourth-order valence-electron chi connectivity index (χ4n) is 1.82. The summed E-state index contributed by atoms with van der Waals surface area (Å²) in [5, 5.41) is 0.635. The fraction of sp³-hybridized carbons (Fsp3) is 0.455. The predicted octanol–water partition coefficient (Wildman–Crippen LogP) is 2.50. The topological polar surface area (TPSA) is 26.0 Å². The molecule has 0 saturated carbocycles. The number of hydrogen-bond donors (Lipinski definition) is 1. The zero-order valence-corrected chi connectivity index (χ0v) is 8.68. The van der Waals surface area contributed by atoms with Crippen LogP contribution in [0, 0.1) is 6.92 Å². The molecule has 0 aromatic heterocycles. The highest BCUT2D eigenvalue weighted by atomic mass is 32.2. The van der Waals surface area contributed by atoms with Crippen molar-refractivity contribution < 1.29 is 0 Å². The Labute approximate surface area is 83.7 Å². The highest BCUT2D eigenvalue weighted by Crippen LogP contribution is 2.40. The molecule has 70 valence electrons. The summed E-state index contributed by atoms with van der Waals surface area (Å²) in [5.41, 5.74) is 8.76. The highest BCUT2D eigenvalue weighted by molar-refractivity contribution is 7.99. The van der Waals surface area contributed by atoms with Gasteiger partial charge in [-0.25, -0.2) is 0 Å². The van der Waals surface area contributed by atoms with Crippen LogP contribution in [0.3, 0.4) is 0 Å². The average Bonchev–Trinajstić information content (AvgIpc) is 2.53. The number of nitrogens with two attached hydrogens (primary N) is 1. The SMILES string of the molecule is Cc1ccccc1C1CC(N)CS1. The monoisotopic (exact) mass is 193 g/mol. The van der Waals surface area contributed by atoms with Gasteiger partial charge in [0.1, 0.15) is 0 Å². The van der Waals surface area contributed by atoms with E-state index in [9.17, 15) is 0 Å². The van der Waals surface area contributed by atoms with Gasteiger partial charge in [0.2, 0.25) is 0 Å². The Hall–Kier alpha value is -0.470. The summed E-state index contributed by atoms with van der Waals surface area (Å²) >= 11 is 1.99. The minimum atomic E-state index is 0.398. The van der Waals surface area contributed by atoms with Crippen LogP contribution >= 0.6 is 11.8 Å². The lowest BCUT2D eigenvalue weighted by molar-refractivity contribution is 0.698. The van der Waals surface area contributed by atoms with Crippen LogP contribution < -0.4 is 5.73 Å². The third kappa shape index (κ3) is 1.89. The first-order valence-corrected chi connectivity index (χ1v) is 5.75. The number of aryl methyl sites for hydroxylation is 1. The molecule has 2 unspecified atom stereocenters. The second-order valence-electron chi connectivity index (χ2n) is 3.67. The van der Waals surface area contributed by atoms with Gasteiger partial charge >= 0.3 is 0 Å². The molecule has 1 aromatic carbocycles. The van der Waals surface area contributed by atoms with Crippen molar-refractivity contribution in [1.29, 1.82) is 0 Å². The molecule has 1 fully saturated rings. The van der Waals surface area contributed by atoms with Crippen LogP contribution in [0.4, 0.5) is 0 Å². The molecular weight excluding hydrogens is 178 g/mol. The summed E-state index contributed by atoms with van der Waals surface area (Å²) in [5.74, 6) is 1.11. The second kappa shape index (κ2) is 3.72. The number of rotatable bonds is 1. The lowest BCUT2D eigenvalue weighted by Gasteiger charge is -2.11. The summed E-state index contributed by atoms with van der Waals surface area (Å²) in [4.78, 5) is 0. The van der Waals surface area contributed by atoms with Gasteiger partial charge in [-0.15, -0.1) is 0 Å². The molecule has 13 heavy (non-hydrogen) atoms. The molecule has 1 heterocycles. The smallest absolute Gasteiger partial charge is 0.0315 e. The molecule has 1 saturated heterocycles. The maximum absolute atomic E-state index is 5.89. The summed E-state index contributed by atoms with van der Waals surface area (Å²) < 4.78 is 0. The summed E-state index contributed by atoms with van der Waals surface area (Å²) in [6.45, 7) is 2.18. The molecule has 2 heteroatoms. The Morgan fingerprint density at radius 1 is 1.38 bits per heavy atom. The summed E-state index contributed by atoms with van der Waals surface area (Å²) in [6, 6.07) is 9.02. The highest BCUT2D eigenvalue weighted by Gasteiger charge is 2.24. The van der Waals surface area contributed by atoms with Gasteiger partial charge in [0.15, 0.2) is 0 Å². The minimum absolute atomic E-state index is 0.398. The molecule has 2 atom stereocenters. The van der Waals surface area contributed by atoms with Crippen molar-refractivity contribution >= 4 is 11.8 Å².